The van der Waals surface area contributed by atoms with E-state index in [1.54, 1.807) is 0 Å². The fraction of sp³-hybridized carbons (Fsp3) is 0.625. The molecular weight excluding hydrogens is 220 g/mol. The van der Waals surface area contributed by atoms with Crippen LogP contribution in [0, 0.1) is 5.41 Å². The second-order valence-corrected chi connectivity index (χ2v) is 6.84. The van der Waals surface area contributed by atoms with Crippen LogP contribution in [0.4, 0.5) is 11.4 Å². The summed E-state index contributed by atoms with van der Waals surface area (Å²) in [5.74, 6) is 0. The van der Waals surface area contributed by atoms with Gasteiger partial charge in [-0.25, -0.2) is 0 Å². The van der Waals surface area contributed by atoms with Gasteiger partial charge in [-0.15, -0.1) is 0 Å². The molecule has 0 fully saturated rings. The maximum Gasteiger partial charge on any atom is 0.0376 e. The number of hydrogen-bond acceptors (Lipinski definition) is 2. The first-order valence-electron chi connectivity index (χ1n) is 6.96. The smallest absolute Gasteiger partial charge is 0.0376 e. The van der Waals surface area contributed by atoms with Gasteiger partial charge in [-0.3, -0.25) is 0 Å². The Morgan fingerprint density at radius 3 is 2.72 bits per heavy atom. The number of fused-ring (bicyclic) bond motifs is 1. The van der Waals surface area contributed by atoms with Gasteiger partial charge in [0.25, 0.3) is 0 Å². The molecule has 1 unspecified atom stereocenters. The summed E-state index contributed by atoms with van der Waals surface area (Å²) in [5.41, 5.74) is 4.45. The van der Waals surface area contributed by atoms with E-state index in [9.17, 15) is 0 Å². The predicted molar refractivity (Wildman–Crippen MR) is 80.6 cm³/mol. The van der Waals surface area contributed by atoms with Crippen LogP contribution in [0.5, 0.6) is 0 Å². The Kier molecular flexibility index (Phi) is 3.56. The number of nitrogens with one attached hydrogen (secondary N) is 1. The maximum absolute atomic E-state index is 3.56. The molecule has 1 N–H and O–H groups in total. The molecule has 18 heavy (non-hydrogen) atoms. The Morgan fingerprint density at radius 1 is 1.33 bits per heavy atom. The highest BCUT2D eigenvalue weighted by atomic mass is 15.1. The number of aryl methyl sites for hydroxylation is 1. The second-order valence-electron chi connectivity index (χ2n) is 6.84. The van der Waals surface area contributed by atoms with Crippen molar-refractivity contribution in [3.05, 3.63) is 23.8 Å². The van der Waals surface area contributed by atoms with Gasteiger partial charge in [-0.05, 0) is 48.9 Å². The van der Waals surface area contributed by atoms with E-state index in [0.29, 0.717) is 11.5 Å². The minimum atomic E-state index is 0.331. The number of rotatable bonds is 2. The SMILES string of the molecule is CC1CCc2cc(N(C)CC(C)(C)C)ccc2N1. The van der Waals surface area contributed by atoms with E-state index in [1.807, 2.05) is 0 Å². The van der Waals surface area contributed by atoms with E-state index in [4.69, 9.17) is 0 Å². The van der Waals surface area contributed by atoms with Crippen molar-refractivity contribution in [1.82, 2.24) is 0 Å². The molecule has 1 aliphatic heterocycles. The molecule has 2 heteroatoms. The molecule has 2 rings (SSSR count). The fourth-order valence-corrected chi connectivity index (χ4v) is 2.68. The first kappa shape index (κ1) is 13.3. The fourth-order valence-electron chi connectivity index (χ4n) is 2.68. The Hall–Kier alpha value is -1.18. The topological polar surface area (TPSA) is 15.3 Å². The summed E-state index contributed by atoms with van der Waals surface area (Å²) < 4.78 is 0. The van der Waals surface area contributed by atoms with E-state index in [1.165, 1.54) is 29.8 Å². The lowest BCUT2D eigenvalue weighted by molar-refractivity contribution is 0.419. The molecule has 1 aliphatic rings. The molecule has 0 saturated carbocycles. The van der Waals surface area contributed by atoms with E-state index in [0.717, 1.165) is 6.54 Å². The second kappa shape index (κ2) is 4.83. The highest BCUT2D eigenvalue weighted by molar-refractivity contribution is 5.62. The average Bonchev–Trinajstić information content (AvgIpc) is 2.26. The van der Waals surface area contributed by atoms with Crippen molar-refractivity contribution in [3.8, 4) is 0 Å². The van der Waals surface area contributed by atoms with Crippen LogP contribution in [0.3, 0.4) is 0 Å². The van der Waals surface area contributed by atoms with E-state index < -0.39 is 0 Å². The van der Waals surface area contributed by atoms with Crippen molar-refractivity contribution >= 4 is 11.4 Å². The van der Waals surface area contributed by atoms with Gasteiger partial charge in [0.05, 0.1) is 0 Å². The van der Waals surface area contributed by atoms with Gasteiger partial charge in [0.1, 0.15) is 0 Å². The van der Waals surface area contributed by atoms with Gasteiger partial charge in [-0.1, -0.05) is 20.8 Å². The average molecular weight is 246 g/mol. The molecule has 1 heterocycles. The molecule has 0 spiro atoms. The lowest BCUT2D eigenvalue weighted by Crippen LogP contribution is -2.29. The number of anilines is 2. The Morgan fingerprint density at radius 2 is 2.06 bits per heavy atom. The molecule has 0 aliphatic carbocycles. The van der Waals surface area contributed by atoms with Gasteiger partial charge in [-0.2, -0.15) is 0 Å². The monoisotopic (exact) mass is 246 g/mol. The molecule has 1 aromatic carbocycles. The summed E-state index contributed by atoms with van der Waals surface area (Å²) >= 11 is 0. The lowest BCUT2D eigenvalue weighted by Gasteiger charge is -2.30. The van der Waals surface area contributed by atoms with Crippen LogP contribution in [0.1, 0.15) is 39.7 Å². The van der Waals surface area contributed by atoms with Gasteiger partial charge >= 0.3 is 0 Å². The predicted octanol–water partition coefficient (Wildman–Crippen LogP) is 3.92. The largest absolute Gasteiger partial charge is 0.382 e. The molecular formula is C16H26N2. The minimum Gasteiger partial charge on any atom is -0.382 e. The van der Waals surface area contributed by atoms with Gasteiger partial charge in [0, 0.05) is 31.0 Å². The quantitative estimate of drug-likeness (QED) is 0.851. The maximum atomic E-state index is 3.56. The minimum absolute atomic E-state index is 0.331. The molecule has 1 aromatic rings. The summed E-state index contributed by atoms with van der Waals surface area (Å²) in [6.45, 7) is 10.2. The van der Waals surface area contributed by atoms with Crippen molar-refractivity contribution in [3.63, 3.8) is 0 Å². The first-order valence-corrected chi connectivity index (χ1v) is 6.96. The molecule has 0 bridgehead atoms. The zero-order valence-corrected chi connectivity index (χ0v) is 12.4. The molecule has 100 valence electrons. The van der Waals surface area contributed by atoms with Gasteiger partial charge < -0.3 is 10.2 Å². The van der Waals surface area contributed by atoms with Crippen LogP contribution in [-0.2, 0) is 6.42 Å². The standard InChI is InChI=1S/C16H26N2/c1-12-6-7-13-10-14(8-9-15(13)17-12)18(5)11-16(2,3)4/h8-10,12,17H,6-7,11H2,1-5H3. The highest BCUT2D eigenvalue weighted by Gasteiger charge is 2.17. The molecule has 0 saturated heterocycles. The third-order valence-corrected chi connectivity index (χ3v) is 3.49. The van der Waals surface area contributed by atoms with Crippen molar-refractivity contribution in [2.45, 2.75) is 46.6 Å². The van der Waals surface area contributed by atoms with E-state index >= 15 is 0 Å². The Bertz CT molecular complexity index is 418. The number of hydrogen-bond donors (Lipinski definition) is 1. The Labute approximate surface area is 111 Å². The van der Waals surface area contributed by atoms with Crippen molar-refractivity contribution in [2.24, 2.45) is 5.41 Å². The summed E-state index contributed by atoms with van der Waals surface area (Å²) in [4.78, 5) is 2.36. The zero-order valence-electron chi connectivity index (χ0n) is 12.4. The molecule has 0 amide bonds. The third-order valence-electron chi connectivity index (χ3n) is 3.49. The summed E-state index contributed by atoms with van der Waals surface area (Å²) in [5, 5.41) is 3.56. The molecule has 0 radical (unpaired) electrons. The lowest BCUT2D eigenvalue weighted by atomic mass is 9.95. The van der Waals surface area contributed by atoms with Crippen LogP contribution < -0.4 is 10.2 Å². The summed E-state index contributed by atoms with van der Waals surface area (Å²) in [6, 6.07) is 7.42. The molecule has 1 atom stereocenters. The van der Waals surface area contributed by atoms with Crippen LogP contribution in [0.15, 0.2) is 18.2 Å². The van der Waals surface area contributed by atoms with Crippen molar-refractivity contribution < 1.29 is 0 Å². The van der Waals surface area contributed by atoms with E-state index in [-0.39, 0.29) is 0 Å². The third kappa shape index (κ3) is 3.18. The number of benzene rings is 1. The normalized spacial score (nSPS) is 19.1. The van der Waals surface area contributed by atoms with Crippen molar-refractivity contribution in [1.29, 1.82) is 0 Å². The van der Waals surface area contributed by atoms with Gasteiger partial charge in [0.2, 0.25) is 0 Å². The van der Waals surface area contributed by atoms with Gasteiger partial charge in [0.15, 0.2) is 0 Å². The zero-order chi connectivity index (χ0) is 13.3. The van der Waals surface area contributed by atoms with E-state index in [2.05, 4.69) is 63.2 Å². The number of nitrogens with zero attached hydrogens (tertiary/aromatic N) is 1. The first-order chi connectivity index (χ1) is 8.35. The molecule has 0 aromatic heterocycles. The van der Waals surface area contributed by atoms with Crippen LogP contribution >= 0.6 is 0 Å². The van der Waals surface area contributed by atoms with Crippen LogP contribution in [0.2, 0.25) is 0 Å². The Balaban J connectivity index is 2.16. The van der Waals surface area contributed by atoms with Crippen LogP contribution in [0.25, 0.3) is 0 Å². The van der Waals surface area contributed by atoms with Crippen LogP contribution in [-0.4, -0.2) is 19.6 Å². The highest BCUT2D eigenvalue weighted by Crippen LogP contribution is 2.29. The summed E-state index contributed by atoms with van der Waals surface area (Å²) in [6.07, 6.45) is 2.43. The van der Waals surface area contributed by atoms with Crippen molar-refractivity contribution in [2.75, 3.05) is 23.8 Å². The molecule has 2 nitrogen and oxygen atoms in total. The summed E-state index contributed by atoms with van der Waals surface area (Å²) in [7, 11) is 2.19.